The van der Waals surface area contributed by atoms with Crippen LogP contribution in [-0.4, -0.2) is 48.4 Å². The van der Waals surface area contributed by atoms with Crippen molar-refractivity contribution in [3.05, 3.63) is 77.6 Å². The highest BCUT2D eigenvalue weighted by Crippen LogP contribution is 2.29. The number of aromatic nitrogens is 1. The summed E-state index contributed by atoms with van der Waals surface area (Å²) in [6.07, 6.45) is -1.87. The van der Waals surface area contributed by atoms with Crippen LogP contribution in [0.5, 0.6) is 0 Å². The highest BCUT2D eigenvalue weighted by Gasteiger charge is 2.30. The summed E-state index contributed by atoms with van der Waals surface area (Å²) in [7, 11) is 0. The number of hydrogen-bond acceptors (Lipinski definition) is 6. The van der Waals surface area contributed by atoms with Gasteiger partial charge in [0.15, 0.2) is 6.20 Å². The number of carbonyl (C=O) groups excluding carboxylic acids is 3. The first kappa shape index (κ1) is 30.2. The van der Waals surface area contributed by atoms with E-state index < -0.39 is 29.6 Å². The van der Waals surface area contributed by atoms with Crippen LogP contribution < -0.4 is 32.8 Å². The van der Waals surface area contributed by atoms with Gasteiger partial charge in [-0.15, -0.1) is 0 Å². The fraction of sp³-hybridized carbons (Fsp3) is 0.259. The van der Waals surface area contributed by atoms with Crippen LogP contribution in [0.4, 0.5) is 18.9 Å². The lowest BCUT2D eigenvalue weighted by Gasteiger charge is -2.20. The molecule has 0 bridgehead atoms. The molecule has 212 valence electrons. The SMILES string of the molecule is NCCN(CN)C(=O)CC[C@H](N)C(=O)N/C(=C/c1ccc(C(F)(F)F)cc1)C(=O)Nc1c[nH+]c2ccccc2c1. The number of nitrogens with zero attached hydrogens (tertiary/aromatic N) is 1. The summed E-state index contributed by atoms with van der Waals surface area (Å²) in [5.74, 6) is -1.83. The highest BCUT2D eigenvalue weighted by atomic mass is 19.4. The molecule has 3 aromatic rings. The van der Waals surface area contributed by atoms with E-state index >= 15 is 0 Å². The van der Waals surface area contributed by atoms with Crippen LogP contribution in [0, 0.1) is 0 Å². The summed E-state index contributed by atoms with van der Waals surface area (Å²) in [5, 5.41) is 5.91. The standard InChI is InChI=1S/C27H30F3N7O3/c28-27(29,30)19-7-5-17(6-8-19)13-23(26(40)35-20-14-18-3-1-2-4-22(18)34-15-20)36-25(39)21(33)9-10-24(38)37(16-32)12-11-31/h1-8,13-15,21H,9-12,16,31-33H2,(H,35,40)(H,36,39)/p+1/b23-13+/t21-/m0/s1. The first-order valence-corrected chi connectivity index (χ1v) is 12.4. The molecule has 0 spiro atoms. The largest absolute Gasteiger partial charge is 0.416 e. The highest BCUT2D eigenvalue weighted by molar-refractivity contribution is 6.09. The minimum absolute atomic E-state index is 0.0378. The first-order chi connectivity index (χ1) is 19.0. The lowest BCUT2D eigenvalue weighted by molar-refractivity contribution is -0.343. The number of nitrogens with one attached hydrogen (secondary N) is 3. The number of para-hydroxylation sites is 1. The molecule has 0 aliphatic heterocycles. The fourth-order valence-electron chi connectivity index (χ4n) is 3.75. The number of H-pyrrole nitrogens is 1. The van der Waals surface area contributed by atoms with E-state index in [2.05, 4.69) is 15.6 Å². The van der Waals surface area contributed by atoms with Gasteiger partial charge in [0.1, 0.15) is 11.4 Å². The van der Waals surface area contributed by atoms with Crippen LogP contribution in [0.25, 0.3) is 17.0 Å². The van der Waals surface area contributed by atoms with Crippen LogP contribution in [0.15, 0.2) is 66.5 Å². The molecule has 9 N–H and O–H groups in total. The summed E-state index contributed by atoms with van der Waals surface area (Å²) in [5.41, 5.74) is 17.3. The van der Waals surface area contributed by atoms with E-state index in [4.69, 9.17) is 17.2 Å². The zero-order valence-corrected chi connectivity index (χ0v) is 21.5. The summed E-state index contributed by atoms with van der Waals surface area (Å²) in [6, 6.07) is 12.0. The van der Waals surface area contributed by atoms with Crippen LogP contribution >= 0.6 is 0 Å². The molecule has 0 radical (unpaired) electrons. The fourth-order valence-corrected chi connectivity index (χ4v) is 3.75. The second-order valence-electron chi connectivity index (χ2n) is 8.87. The smallest absolute Gasteiger partial charge is 0.329 e. The van der Waals surface area contributed by atoms with E-state index in [1.54, 1.807) is 12.3 Å². The maximum Gasteiger partial charge on any atom is 0.416 e. The van der Waals surface area contributed by atoms with Crippen molar-refractivity contribution in [3.8, 4) is 0 Å². The molecule has 13 heteroatoms. The molecule has 1 aromatic heterocycles. The molecule has 0 unspecified atom stereocenters. The predicted octanol–water partition coefficient (Wildman–Crippen LogP) is 1.58. The second-order valence-corrected chi connectivity index (χ2v) is 8.87. The summed E-state index contributed by atoms with van der Waals surface area (Å²) in [6.45, 7) is 0.435. The van der Waals surface area contributed by atoms with E-state index in [1.807, 2.05) is 24.3 Å². The first-order valence-electron chi connectivity index (χ1n) is 12.4. The average Bonchev–Trinajstić information content (AvgIpc) is 2.93. The van der Waals surface area contributed by atoms with Gasteiger partial charge in [0, 0.05) is 31.0 Å². The third kappa shape index (κ3) is 8.33. The van der Waals surface area contributed by atoms with Gasteiger partial charge in [0.2, 0.25) is 17.3 Å². The number of halogens is 3. The van der Waals surface area contributed by atoms with Crippen molar-refractivity contribution >= 4 is 40.4 Å². The number of aromatic amines is 1. The van der Waals surface area contributed by atoms with Gasteiger partial charge in [-0.2, -0.15) is 13.2 Å². The van der Waals surface area contributed by atoms with E-state index in [0.29, 0.717) is 5.69 Å². The van der Waals surface area contributed by atoms with E-state index in [1.165, 1.54) is 23.1 Å². The van der Waals surface area contributed by atoms with Gasteiger partial charge in [-0.3, -0.25) is 14.4 Å². The average molecular weight is 559 g/mol. The number of hydrogen-bond donors (Lipinski definition) is 5. The monoisotopic (exact) mass is 558 g/mol. The Morgan fingerprint density at radius 2 is 1.75 bits per heavy atom. The van der Waals surface area contributed by atoms with E-state index in [0.717, 1.165) is 23.0 Å². The third-order valence-electron chi connectivity index (χ3n) is 5.94. The number of amides is 3. The number of pyridine rings is 1. The number of alkyl halides is 3. The van der Waals surface area contributed by atoms with Gasteiger partial charge in [0.25, 0.3) is 5.91 Å². The molecule has 2 aromatic carbocycles. The lowest BCUT2D eigenvalue weighted by Crippen LogP contribution is -2.44. The van der Waals surface area contributed by atoms with Crippen molar-refractivity contribution in [1.82, 2.24) is 10.2 Å². The summed E-state index contributed by atoms with van der Waals surface area (Å²) in [4.78, 5) is 42.7. The molecular weight excluding hydrogens is 527 g/mol. The maximum atomic E-state index is 13.2. The second kappa shape index (κ2) is 13.6. The van der Waals surface area contributed by atoms with Crippen LogP contribution in [0.2, 0.25) is 0 Å². The number of benzene rings is 2. The Morgan fingerprint density at radius 3 is 2.40 bits per heavy atom. The molecule has 0 fully saturated rings. The Hall–Kier alpha value is -4.33. The normalized spacial score (nSPS) is 12.6. The molecule has 3 amide bonds. The Bertz CT molecular complexity index is 1380. The third-order valence-corrected chi connectivity index (χ3v) is 5.94. The molecular formula is C27H31F3N7O3+. The molecule has 1 heterocycles. The molecule has 0 aliphatic rings. The van der Waals surface area contributed by atoms with Crippen LogP contribution in [0.1, 0.15) is 24.0 Å². The molecule has 0 saturated carbocycles. The Balaban J connectivity index is 1.80. The molecule has 0 aliphatic carbocycles. The van der Waals surface area contributed by atoms with Gasteiger partial charge >= 0.3 is 6.18 Å². The van der Waals surface area contributed by atoms with Crippen molar-refractivity contribution < 1.29 is 32.5 Å². The number of nitrogens with two attached hydrogens (primary N) is 3. The minimum Gasteiger partial charge on any atom is -0.329 e. The van der Waals surface area contributed by atoms with Gasteiger partial charge in [-0.1, -0.05) is 24.3 Å². The summed E-state index contributed by atoms with van der Waals surface area (Å²) < 4.78 is 38.9. The lowest BCUT2D eigenvalue weighted by atomic mass is 10.1. The Morgan fingerprint density at radius 1 is 1.05 bits per heavy atom. The number of rotatable bonds is 11. The maximum absolute atomic E-state index is 13.2. The van der Waals surface area contributed by atoms with Crippen molar-refractivity contribution in [2.45, 2.75) is 25.1 Å². The number of anilines is 1. The van der Waals surface area contributed by atoms with Crippen LogP contribution in [0.3, 0.4) is 0 Å². The quantitative estimate of drug-likeness (QED) is 0.177. The topological polar surface area (TPSA) is 171 Å². The van der Waals surface area contributed by atoms with Gasteiger partial charge in [-0.05, 0) is 42.3 Å². The van der Waals surface area contributed by atoms with Crippen molar-refractivity contribution in [2.24, 2.45) is 17.2 Å². The van der Waals surface area contributed by atoms with E-state index in [-0.39, 0.29) is 49.8 Å². The Labute approximate surface area is 228 Å². The van der Waals surface area contributed by atoms with Crippen molar-refractivity contribution in [3.63, 3.8) is 0 Å². The predicted molar refractivity (Wildman–Crippen MR) is 144 cm³/mol. The van der Waals surface area contributed by atoms with Gasteiger partial charge in [-0.25, -0.2) is 4.98 Å². The molecule has 3 rings (SSSR count). The Kier molecular flexibility index (Phi) is 10.3. The zero-order valence-electron chi connectivity index (χ0n) is 21.5. The summed E-state index contributed by atoms with van der Waals surface area (Å²) >= 11 is 0. The molecule has 40 heavy (non-hydrogen) atoms. The molecule has 1 atom stereocenters. The van der Waals surface area contributed by atoms with E-state index in [9.17, 15) is 27.6 Å². The van der Waals surface area contributed by atoms with Crippen molar-refractivity contribution in [1.29, 1.82) is 0 Å². The number of carbonyl (C=O) groups is 3. The van der Waals surface area contributed by atoms with Gasteiger partial charge in [0.05, 0.1) is 18.3 Å². The van der Waals surface area contributed by atoms with Gasteiger partial charge < -0.3 is 32.7 Å². The van der Waals surface area contributed by atoms with Crippen molar-refractivity contribution in [2.75, 3.05) is 25.1 Å². The number of fused-ring (bicyclic) bond motifs is 1. The molecule has 0 saturated heterocycles. The minimum atomic E-state index is -4.53. The van der Waals surface area contributed by atoms with Crippen LogP contribution in [-0.2, 0) is 20.6 Å². The zero-order chi connectivity index (χ0) is 29.3. The molecule has 10 nitrogen and oxygen atoms in total.